The Morgan fingerprint density at radius 3 is 2.03 bits per heavy atom. The Bertz CT molecular complexity index is 917. The van der Waals surface area contributed by atoms with Crippen LogP contribution in [-0.4, -0.2) is 58.8 Å². The van der Waals surface area contributed by atoms with Crippen LogP contribution in [-0.2, 0) is 55.0 Å². The third kappa shape index (κ3) is 14.9. The van der Waals surface area contributed by atoms with E-state index < -0.39 is 0 Å². The Morgan fingerprint density at radius 1 is 1.03 bits per heavy atom. The Morgan fingerprint density at radius 2 is 1.61 bits per heavy atom. The second kappa shape index (κ2) is 18.4. The molecule has 0 amide bonds. The molecule has 0 saturated heterocycles. The van der Waals surface area contributed by atoms with Gasteiger partial charge in [0.15, 0.2) is 0 Å². The summed E-state index contributed by atoms with van der Waals surface area (Å²) < 4.78 is 11.8. The van der Waals surface area contributed by atoms with E-state index in [0.29, 0.717) is 19.5 Å². The van der Waals surface area contributed by atoms with Gasteiger partial charge in [0.1, 0.15) is 17.2 Å². The summed E-state index contributed by atoms with van der Waals surface area (Å²) in [5.41, 5.74) is 4.94. The predicted molar refractivity (Wildman–Crippen MR) is 154 cm³/mol. The smallest absolute Gasteiger partial charge is 0.497 e. The molecule has 2 aromatic rings. The van der Waals surface area contributed by atoms with Crippen LogP contribution >= 0.6 is 36.7 Å². The van der Waals surface area contributed by atoms with Crippen LogP contribution in [0, 0.1) is 0 Å². The van der Waals surface area contributed by atoms with Gasteiger partial charge >= 0.3 is 17.1 Å². The summed E-state index contributed by atoms with van der Waals surface area (Å²) in [4.78, 5) is 1.71. The molecule has 0 aliphatic carbocycles. The summed E-state index contributed by atoms with van der Waals surface area (Å²) in [5, 5.41) is 7.83. The third-order valence-corrected chi connectivity index (χ3v) is 5.01. The van der Waals surface area contributed by atoms with Crippen molar-refractivity contribution in [2.75, 3.05) is 34.9 Å². The largest absolute Gasteiger partial charge is 2.00 e. The summed E-state index contributed by atoms with van der Waals surface area (Å²) in [6.07, 6.45) is 0. The van der Waals surface area contributed by atoms with Gasteiger partial charge in [0.05, 0.1) is 14.2 Å². The number of hydrogen-bond acceptors (Lipinski definition) is 8. The summed E-state index contributed by atoms with van der Waals surface area (Å²) >= 11 is 27.7. The van der Waals surface area contributed by atoms with Gasteiger partial charge in [-0.05, 0) is 25.1 Å². The van der Waals surface area contributed by atoms with Crippen molar-refractivity contribution in [3.05, 3.63) is 30.3 Å². The number of rotatable bonds is 5. The van der Waals surface area contributed by atoms with Crippen molar-refractivity contribution < 1.29 is 32.3 Å². The van der Waals surface area contributed by atoms with Crippen molar-refractivity contribution in [2.45, 2.75) is 13.0 Å². The number of hydrogen-bond donors (Lipinski definition) is 3. The third-order valence-electron chi connectivity index (χ3n) is 3.75. The van der Waals surface area contributed by atoms with Gasteiger partial charge in [0, 0.05) is 43.5 Å². The zero-order valence-corrected chi connectivity index (χ0v) is 24.7. The van der Waals surface area contributed by atoms with Gasteiger partial charge in [-0.25, -0.2) is 0 Å². The molecule has 0 heterocycles. The SMILES string of the molecule is CC(CNC(=S)[S-])NC(=S)[S-].CN(C)C(=S)[S-].COc1cc([NH3+])c2cccc(OC)c2c1.[Cu+2]. The van der Waals surface area contributed by atoms with E-state index in [1.54, 1.807) is 19.1 Å². The normalized spacial score (nSPS) is 10.0. The molecule has 6 nitrogen and oxygen atoms in total. The molecular weight excluding hydrogens is 584 g/mol. The van der Waals surface area contributed by atoms with Crippen LogP contribution in [0.25, 0.3) is 10.8 Å². The van der Waals surface area contributed by atoms with Crippen molar-refractivity contribution in [2.24, 2.45) is 0 Å². The Balaban J connectivity index is 0. The van der Waals surface area contributed by atoms with Crippen molar-refractivity contribution in [1.29, 1.82) is 0 Å². The van der Waals surface area contributed by atoms with E-state index in [-0.39, 0.29) is 23.1 Å². The van der Waals surface area contributed by atoms with Gasteiger partial charge in [0.2, 0.25) is 0 Å². The Hall–Kier alpha value is -0.891. The van der Waals surface area contributed by atoms with E-state index in [4.69, 9.17) is 9.47 Å². The van der Waals surface area contributed by atoms with E-state index in [1.807, 2.05) is 51.4 Å². The molecule has 0 aromatic heterocycles. The maximum atomic E-state index is 5.30. The van der Waals surface area contributed by atoms with Crippen molar-refractivity contribution >= 4 is 104 Å². The number of nitrogens with one attached hydrogen (secondary N) is 2. The van der Waals surface area contributed by atoms with E-state index >= 15 is 0 Å². The van der Waals surface area contributed by atoms with Crippen LogP contribution in [0.4, 0.5) is 5.69 Å². The summed E-state index contributed by atoms with van der Waals surface area (Å²) in [6.45, 7) is 2.60. The summed E-state index contributed by atoms with van der Waals surface area (Å²) in [6, 6.07) is 9.97. The van der Waals surface area contributed by atoms with Gasteiger partial charge in [-0.2, -0.15) is 0 Å². The standard InChI is InChI=1S/C12H13NO2.C5H10N2S4.C3H7NS2.Cu/c1-14-8-6-10-9(11(13)7-8)4-3-5-12(10)15-2;1-3(7-5(10)11)2-6-4(8)9;1-4(2)3(5)6;/h3-7H,13H2,1-2H3;3H,2H2,1H3,(H2,6,8,9)(H2,7,10,11);1-2H3,(H,5,6);/q;;;+2/p-2. The quantitative estimate of drug-likeness (QED) is 0.265. The average Bonchev–Trinajstić information content (AvgIpc) is 2.72. The minimum Gasteiger partial charge on any atom is -0.497 e. The van der Waals surface area contributed by atoms with Crippen molar-refractivity contribution in [3.63, 3.8) is 0 Å². The zero-order chi connectivity index (χ0) is 24.8. The van der Waals surface area contributed by atoms with Crippen LogP contribution in [0.3, 0.4) is 0 Å². The molecule has 2 rings (SSSR count). The number of benzene rings is 2. The molecule has 1 unspecified atom stereocenters. The first kappa shape index (κ1) is 34.3. The number of fused-ring (bicyclic) bond motifs is 1. The fourth-order valence-electron chi connectivity index (χ4n) is 2.19. The first-order valence-corrected chi connectivity index (χ1v) is 11.6. The van der Waals surface area contributed by atoms with Gasteiger partial charge < -0.3 is 105 Å². The molecule has 0 bridgehead atoms. The molecular formula is C20H28CuN4O2S6. The number of nitrogens with zero attached hydrogens (tertiary/aromatic N) is 1. The Labute approximate surface area is 239 Å². The molecule has 0 fully saturated rings. The summed E-state index contributed by atoms with van der Waals surface area (Å²) in [5.74, 6) is 1.65. The molecule has 0 aliphatic heterocycles. The minimum atomic E-state index is 0. The van der Waals surface area contributed by atoms with Crippen LogP contribution in [0.1, 0.15) is 6.92 Å². The molecule has 13 heteroatoms. The van der Waals surface area contributed by atoms with E-state index in [0.717, 1.165) is 28.0 Å². The van der Waals surface area contributed by atoms with E-state index in [9.17, 15) is 0 Å². The number of ether oxygens (including phenoxy) is 2. The number of quaternary nitrogens is 1. The second-order valence-corrected chi connectivity index (χ2v) is 9.69. The van der Waals surface area contributed by atoms with Crippen LogP contribution in [0.15, 0.2) is 30.3 Å². The first-order valence-electron chi connectivity index (χ1n) is 9.20. The Kier molecular flexibility index (Phi) is 19.2. The van der Waals surface area contributed by atoms with Crippen LogP contribution in [0.2, 0.25) is 0 Å². The van der Waals surface area contributed by atoms with Gasteiger partial charge in [-0.1, -0.05) is 19.0 Å². The molecule has 0 spiro atoms. The van der Waals surface area contributed by atoms with Crippen molar-refractivity contribution in [3.8, 4) is 11.5 Å². The number of methoxy groups -OCH3 is 2. The molecule has 33 heavy (non-hydrogen) atoms. The van der Waals surface area contributed by atoms with Gasteiger partial charge in [-0.15, -0.1) is 0 Å². The fourth-order valence-corrected chi connectivity index (χ4v) is 2.76. The van der Waals surface area contributed by atoms with Crippen molar-refractivity contribution in [1.82, 2.24) is 15.5 Å². The van der Waals surface area contributed by atoms with Gasteiger partial charge in [0.25, 0.3) is 0 Å². The molecule has 5 N–H and O–H groups in total. The topological polar surface area (TPSA) is 73.4 Å². The van der Waals surface area contributed by atoms with E-state index in [2.05, 4.69) is 90.9 Å². The van der Waals surface area contributed by atoms with Gasteiger partial charge in [-0.3, -0.25) is 0 Å². The van der Waals surface area contributed by atoms with E-state index in [1.165, 1.54) is 0 Å². The molecule has 2 aromatic carbocycles. The predicted octanol–water partition coefficient (Wildman–Crippen LogP) is 2.33. The molecule has 0 saturated carbocycles. The minimum absolute atomic E-state index is 0. The first-order chi connectivity index (χ1) is 14.9. The molecule has 1 radical (unpaired) electrons. The monoisotopic (exact) mass is 611 g/mol. The fraction of sp³-hybridized carbons (Fsp3) is 0.350. The summed E-state index contributed by atoms with van der Waals surface area (Å²) in [7, 11) is 6.97. The molecule has 0 aliphatic rings. The maximum Gasteiger partial charge on any atom is 2.00 e. The van der Waals surface area contributed by atoms with Crippen LogP contribution in [0.5, 0.6) is 11.5 Å². The number of thiocarbonyl (C=S) groups is 3. The molecule has 1 atom stereocenters. The van der Waals surface area contributed by atoms with Crippen LogP contribution < -0.4 is 25.8 Å². The molecule has 187 valence electrons. The maximum absolute atomic E-state index is 5.30. The average molecular weight is 612 g/mol. The second-order valence-electron chi connectivity index (χ2n) is 6.50. The zero-order valence-electron chi connectivity index (χ0n) is 18.9.